The molecule has 186 valence electrons. The van der Waals surface area contributed by atoms with Gasteiger partial charge in [-0.25, -0.2) is 4.39 Å². The first-order valence-electron chi connectivity index (χ1n) is 12.6. The van der Waals surface area contributed by atoms with E-state index in [1.54, 1.807) is 0 Å². The van der Waals surface area contributed by atoms with E-state index in [4.69, 9.17) is 0 Å². The van der Waals surface area contributed by atoms with Crippen LogP contribution in [0, 0.1) is 11.7 Å². The van der Waals surface area contributed by atoms with Gasteiger partial charge in [0.25, 0.3) is 0 Å². The van der Waals surface area contributed by atoms with Crippen molar-refractivity contribution < 1.29 is 18.8 Å². The first kappa shape index (κ1) is 22.6. The van der Waals surface area contributed by atoms with Crippen molar-refractivity contribution in [3.63, 3.8) is 0 Å². The number of amides is 1. The first-order valence-corrected chi connectivity index (χ1v) is 12.6. The summed E-state index contributed by atoms with van der Waals surface area (Å²) in [5, 5.41) is 5.09. The van der Waals surface area contributed by atoms with Crippen LogP contribution < -0.4 is 10.2 Å². The summed E-state index contributed by atoms with van der Waals surface area (Å²) >= 11 is 0. The van der Waals surface area contributed by atoms with Crippen molar-refractivity contribution in [1.29, 1.82) is 0 Å². The van der Waals surface area contributed by atoms with E-state index in [-0.39, 0.29) is 23.0 Å². The number of para-hydroxylation sites is 1. The van der Waals surface area contributed by atoms with Gasteiger partial charge in [-0.1, -0.05) is 60.7 Å². The number of benzene rings is 4. The molecule has 3 aliphatic rings. The van der Waals surface area contributed by atoms with E-state index in [0.29, 0.717) is 11.3 Å². The summed E-state index contributed by atoms with van der Waals surface area (Å²) in [6.07, 6.45) is 3.97. The highest BCUT2D eigenvalue weighted by molar-refractivity contribution is 6.17. The van der Waals surface area contributed by atoms with Gasteiger partial charge in [0.1, 0.15) is 11.2 Å². The van der Waals surface area contributed by atoms with Crippen LogP contribution in [-0.4, -0.2) is 29.6 Å². The Morgan fingerprint density at radius 3 is 2.45 bits per heavy atom. The number of rotatable bonds is 3. The van der Waals surface area contributed by atoms with Crippen molar-refractivity contribution in [2.24, 2.45) is 5.92 Å². The number of nitrogens with zero attached hydrogens (tertiary/aromatic N) is 1. The molecular formula is C32H23FN2O3. The van der Waals surface area contributed by atoms with Crippen molar-refractivity contribution in [2.75, 3.05) is 10.2 Å². The quantitative estimate of drug-likeness (QED) is 0.374. The summed E-state index contributed by atoms with van der Waals surface area (Å²) in [5.41, 5.74) is 2.00. The van der Waals surface area contributed by atoms with Gasteiger partial charge in [0.05, 0.1) is 18.0 Å². The van der Waals surface area contributed by atoms with E-state index >= 15 is 0 Å². The third-order valence-corrected chi connectivity index (χ3v) is 8.37. The largest absolute Gasteiger partial charge is 0.352 e. The van der Waals surface area contributed by atoms with E-state index in [2.05, 4.69) is 5.32 Å². The second-order valence-electron chi connectivity index (χ2n) is 10.2. The highest BCUT2D eigenvalue weighted by atomic mass is 19.1. The van der Waals surface area contributed by atoms with Crippen LogP contribution in [0.5, 0.6) is 0 Å². The maximum Gasteiger partial charge on any atom is 0.238 e. The molecule has 1 amide bonds. The SMILES string of the molecule is CC(=O)[C@@H]1[C@H](C(=O)c2ccc(F)cc2)[C@@]2(C(=O)Nc3ccccc32)[C@@H]2C=Cc3c(ccc4ccccc34)N12. The second kappa shape index (κ2) is 7.96. The Kier molecular flexibility index (Phi) is 4.73. The van der Waals surface area contributed by atoms with Crippen LogP contribution in [0.2, 0.25) is 0 Å². The lowest BCUT2D eigenvalue weighted by Crippen LogP contribution is -2.51. The van der Waals surface area contributed by atoms with Crippen molar-refractivity contribution in [1.82, 2.24) is 0 Å². The molecule has 4 aromatic carbocycles. The molecule has 1 spiro atoms. The zero-order valence-corrected chi connectivity index (χ0v) is 20.5. The molecule has 1 saturated heterocycles. The molecule has 0 bridgehead atoms. The molecule has 0 aromatic heterocycles. The van der Waals surface area contributed by atoms with Crippen LogP contribution in [0.15, 0.2) is 91.0 Å². The van der Waals surface area contributed by atoms with Gasteiger partial charge in [-0.15, -0.1) is 0 Å². The number of fused-ring (bicyclic) bond motifs is 8. The van der Waals surface area contributed by atoms with Crippen LogP contribution in [0.1, 0.15) is 28.4 Å². The topological polar surface area (TPSA) is 66.5 Å². The molecule has 3 heterocycles. The summed E-state index contributed by atoms with van der Waals surface area (Å²) in [7, 11) is 0. The van der Waals surface area contributed by atoms with Crippen LogP contribution in [0.4, 0.5) is 15.8 Å². The smallest absolute Gasteiger partial charge is 0.238 e. The lowest BCUT2D eigenvalue weighted by Gasteiger charge is -2.38. The summed E-state index contributed by atoms with van der Waals surface area (Å²) < 4.78 is 13.8. The molecule has 6 heteroatoms. The zero-order chi connectivity index (χ0) is 26.2. The molecule has 5 nitrogen and oxygen atoms in total. The minimum atomic E-state index is -1.35. The number of carbonyl (C=O) groups excluding carboxylic acids is 3. The molecule has 4 atom stereocenters. The minimum absolute atomic E-state index is 0.209. The van der Waals surface area contributed by atoms with Gasteiger partial charge in [0.15, 0.2) is 11.6 Å². The average Bonchev–Trinajstić information content (AvgIpc) is 3.41. The van der Waals surface area contributed by atoms with Crippen LogP contribution in [0.25, 0.3) is 16.8 Å². The number of nitrogens with one attached hydrogen (secondary N) is 1. The molecule has 38 heavy (non-hydrogen) atoms. The molecule has 3 aliphatic heterocycles. The fourth-order valence-corrected chi connectivity index (χ4v) is 6.88. The fraction of sp³-hybridized carbons (Fsp3) is 0.156. The second-order valence-corrected chi connectivity index (χ2v) is 10.2. The maximum absolute atomic E-state index is 14.4. The molecule has 1 fully saturated rings. The van der Waals surface area contributed by atoms with Gasteiger partial charge in [-0.3, -0.25) is 14.4 Å². The third-order valence-electron chi connectivity index (χ3n) is 8.37. The molecule has 0 aliphatic carbocycles. The Hall–Kier alpha value is -4.58. The average molecular weight is 503 g/mol. The molecule has 7 rings (SSSR count). The van der Waals surface area contributed by atoms with E-state index in [1.165, 1.54) is 31.2 Å². The molecule has 0 saturated carbocycles. The lowest BCUT2D eigenvalue weighted by atomic mass is 9.64. The summed E-state index contributed by atoms with van der Waals surface area (Å²) in [5.74, 6) is -2.37. The Bertz CT molecular complexity index is 1710. The predicted molar refractivity (Wildman–Crippen MR) is 145 cm³/mol. The van der Waals surface area contributed by atoms with Gasteiger partial charge in [-0.05, 0) is 59.7 Å². The summed E-state index contributed by atoms with van der Waals surface area (Å²) in [6.45, 7) is 1.48. The lowest BCUT2D eigenvalue weighted by molar-refractivity contribution is -0.122. The fourth-order valence-electron chi connectivity index (χ4n) is 6.88. The van der Waals surface area contributed by atoms with Gasteiger partial charge in [0.2, 0.25) is 5.91 Å². The number of ketones is 2. The highest BCUT2D eigenvalue weighted by Gasteiger charge is 2.69. The molecule has 0 radical (unpaired) electrons. The number of Topliss-reactive ketones (excluding diaryl/α,β-unsaturated/α-hetero) is 2. The molecule has 0 unspecified atom stereocenters. The molecule has 1 N–H and O–H groups in total. The van der Waals surface area contributed by atoms with Crippen molar-refractivity contribution in [2.45, 2.75) is 24.4 Å². The number of anilines is 2. The number of carbonyl (C=O) groups is 3. The van der Waals surface area contributed by atoms with Crippen molar-refractivity contribution in [3.8, 4) is 0 Å². The predicted octanol–water partition coefficient (Wildman–Crippen LogP) is 5.54. The van der Waals surface area contributed by atoms with Gasteiger partial charge in [-0.2, -0.15) is 0 Å². The van der Waals surface area contributed by atoms with Crippen LogP contribution >= 0.6 is 0 Å². The Morgan fingerprint density at radius 2 is 1.66 bits per heavy atom. The molecule has 4 aromatic rings. The van der Waals surface area contributed by atoms with Crippen molar-refractivity contribution >= 4 is 45.7 Å². The van der Waals surface area contributed by atoms with Gasteiger partial charge in [0, 0.05) is 22.5 Å². The summed E-state index contributed by atoms with van der Waals surface area (Å²) in [6, 6.07) is 23.2. The van der Waals surface area contributed by atoms with E-state index in [0.717, 1.165) is 22.0 Å². The summed E-state index contributed by atoms with van der Waals surface area (Å²) in [4.78, 5) is 44.0. The van der Waals surface area contributed by atoms with E-state index in [1.807, 2.05) is 77.7 Å². The van der Waals surface area contributed by atoms with Crippen LogP contribution in [0.3, 0.4) is 0 Å². The Labute approximate surface area is 218 Å². The molecular weight excluding hydrogens is 479 g/mol. The van der Waals surface area contributed by atoms with Gasteiger partial charge >= 0.3 is 0 Å². The van der Waals surface area contributed by atoms with E-state index in [9.17, 15) is 18.8 Å². The number of hydrogen-bond donors (Lipinski definition) is 1. The van der Waals surface area contributed by atoms with Crippen LogP contribution in [-0.2, 0) is 15.0 Å². The van der Waals surface area contributed by atoms with Gasteiger partial charge < -0.3 is 10.2 Å². The Morgan fingerprint density at radius 1 is 0.921 bits per heavy atom. The number of halogens is 1. The number of hydrogen-bond acceptors (Lipinski definition) is 4. The third kappa shape index (κ3) is 2.83. The van der Waals surface area contributed by atoms with E-state index < -0.39 is 29.2 Å². The standard InChI is InChI=1S/C32H23FN2O3/c1-18(36)29-28(30(37)20-10-13-21(33)14-11-20)32(24-8-4-5-9-25(24)34-31(32)38)27-17-15-23-22-7-3-2-6-19(22)12-16-26(23)35(27)29/h2-17,27-29H,1H3,(H,34,38)/t27-,28+,29+,32-/m0/s1. The first-order chi connectivity index (χ1) is 18.4. The minimum Gasteiger partial charge on any atom is -0.352 e. The monoisotopic (exact) mass is 502 g/mol. The zero-order valence-electron chi connectivity index (χ0n) is 20.5. The highest BCUT2D eigenvalue weighted by Crippen LogP contribution is 2.58. The van der Waals surface area contributed by atoms with Crippen molar-refractivity contribution in [3.05, 3.63) is 114 Å². The Balaban J connectivity index is 1.53. The normalized spacial score (nSPS) is 24.7. The maximum atomic E-state index is 14.4.